The molecule has 0 heterocycles. The Hall–Kier alpha value is -2.35. The lowest BCUT2D eigenvalue weighted by molar-refractivity contribution is -0.138. The fourth-order valence-electron chi connectivity index (χ4n) is 2.60. The van der Waals surface area contributed by atoms with Gasteiger partial charge in [-0.25, -0.2) is 18.0 Å². The molecule has 0 bridgehead atoms. The van der Waals surface area contributed by atoms with Crippen LogP contribution in [0.3, 0.4) is 0 Å². The van der Waals surface area contributed by atoms with Gasteiger partial charge in [-0.05, 0) is 19.1 Å². The Morgan fingerprint density at radius 3 is 2.54 bits per heavy atom. The second-order valence-electron chi connectivity index (χ2n) is 5.29. The fraction of sp³-hybridized carbons (Fsp3) is 0.375. The monoisotopic (exact) mass is 343 g/mol. The second-order valence-corrected chi connectivity index (χ2v) is 5.29. The normalized spacial score (nSPS) is 25.1. The van der Waals surface area contributed by atoms with Gasteiger partial charge in [0.25, 0.3) is 0 Å². The summed E-state index contributed by atoms with van der Waals surface area (Å²) >= 11 is 0. The van der Waals surface area contributed by atoms with Gasteiger partial charge in [0, 0.05) is 5.57 Å². The van der Waals surface area contributed by atoms with E-state index in [0.717, 1.165) is 19.2 Å². The van der Waals surface area contributed by atoms with Crippen molar-refractivity contribution in [1.29, 1.82) is 0 Å². The van der Waals surface area contributed by atoms with Gasteiger partial charge in [0.05, 0.1) is 31.2 Å². The average molecular weight is 343 g/mol. The minimum Gasteiger partial charge on any atom is -0.491 e. The van der Waals surface area contributed by atoms with Crippen molar-refractivity contribution in [2.24, 2.45) is 11.7 Å². The van der Waals surface area contributed by atoms with E-state index in [1.807, 2.05) is 0 Å². The van der Waals surface area contributed by atoms with Crippen LogP contribution >= 0.6 is 0 Å². The van der Waals surface area contributed by atoms with Gasteiger partial charge in [-0.15, -0.1) is 0 Å². The molecular weight excluding hydrogens is 327 g/mol. The zero-order chi connectivity index (χ0) is 18.2. The number of methoxy groups -OCH3 is 1. The van der Waals surface area contributed by atoms with E-state index >= 15 is 0 Å². The van der Waals surface area contributed by atoms with E-state index in [4.69, 9.17) is 10.5 Å². The maximum absolute atomic E-state index is 15.0. The SMILES string of the molecule is C=C(C(=O)OCC)C1[C@@H](N)[C@]1(F)C(=O)c1ccc(F)c(OC)c1F. The summed E-state index contributed by atoms with van der Waals surface area (Å²) in [5, 5.41) is 0. The predicted octanol–water partition coefficient (Wildman–Crippen LogP) is 1.94. The molecule has 0 aromatic heterocycles. The standard InChI is InChI=1S/C16H16F3NO4/c1-4-24-15(22)7(2)10-13(20)16(10,19)14(21)8-5-6-9(17)12(23-3)11(8)18/h5-6,10,13H,2,4,20H2,1,3H3/t10?,13-,16+/m1/s1. The molecule has 1 unspecified atom stereocenters. The van der Waals surface area contributed by atoms with E-state index in [-0.39, 0.29) is 12.2 Å². The number of alkyl halides is 1. The molecule has 130 valence electrons. The first kappa shape index (κ1) is 18.0. The second kappa shape index (κ2) is 6.27. The Balaban J connectivity index is 2.34. The summed E-state index contributed by atoms with van der Waals surface area (Å²) < 4.78 is 51.8. The van der Waals surface area contributed by atoms with Crippen LogP contribution in [0.15, 0.2) is 24.3 Å². The number of hydrogen-bond donors (Lipinski definition) is 1. The Labute approximate surface area is 136 Å². The highest BCUT2D eigenvalue weighted by molar-refractivity contribution is 6.08. The van der Waals surface area contributed by atoms with Crippen molar-refractivity contribution in [1.82, 2.24) is 0 Å². The van der Waals surface area contributed by atoms with Gasteiger partial charge >= 0.3 is 5.97 Å². The maximum Gasteiger partial charge on any atom is 0.333 e. The molecule has 1 aliphatic rings. The summed E-state index contributed by atoms with van der Waals surface area (Å²) in [6.07, 6.45) is 0. The van der Waals surface area contributed by atoms with Crippen LogP contribution in [-0.4, -0.2) is 37.2 Å². The number of hydrogen-bond acceptors (Lipinski definition) is 5. The number of halogens is 3. The third kappa shape index (κ3) is 2.56. The van der Waals surface area contributed by atoms with E-state index in [0.29, 0.717) is 0 Å². The number of esters is 1. The van der Waals surface area contributed by atoms with Gasteiger partial charge in [0.1, 0.15) is 0 Å². The molecule has 1 aromatic rings. The van der Waals surface area contributed by atoms with Gasteiger partial charge in [-0.1, -0.05) is 6.58 Å². The third-order valence-corrected chi connectivity index (χ3v) is 3.95. The molecule has 5 nitrogen and oxygen atoms in total. The molecule has 8 heteroatoms. The highest BCUT2D eigenvalue weighted by atomic mass is 19.1. The number of ketones is 1. The molecule has 0 saturated heterocycles. The highest BCUT2D eigenvalue weighted by Gasteiger charge is 2.71. The van der Waals surface area contributed by atoms with Gasteiger partial charge < -0.3 is 15.2 Å². The van der Waals surface area contributed by atoms with Crippen LogP contribution in [0.4, 0.5) is 13.2 Å². The lowest BCUT2D eigenvalue weighted by Crippen LogP contribution is -2.27. The first-order valence-corrected chi connectivity index (χ1v) is 7.08. The average Bonchev–Trinajstić information content (AvgIpc) is 3.09. The molecule has 24 heavy (non-hydrogen) atoms. The van der Waals surface area contributed by atoms with Crippen molar-refractivity contribution in [3.8, 4) is 5.75 Å². The number of benzene rings is 1. The van der Waals surface area contributed by atoms with E-state index in [1.54, 1.807) is 6.92 Å². The molecule has 1 fully saturated rings. The Kier molecular flexibility index (Phi) is 4.70. The summed E-state index contributed by atoms with van der Waals surface area (Å²) in [6, 6.07) is 0.200. The zero-order valence-corrected chi connectivity index (χ0v) is 13.1. The number of carbonyl (C=O) groups is 2. The number of carbonyl (C=O) groups excluding carboxylic acids is 2. The number of nitrogens with two attached hydrogens (primary N) is 1. The van der Waals surface area contributed by atoms with E-state index in [9.17, 15) is 22.8 Å². The third-order valence-electron chi connectivity index (χ3n) is 3.95. The quantitative estimate of drug-likeness (QED) is 0.485. The molecule has 2 rings (SSSR count). The smallest absolute Gasteiger partial charge is 0.333 e. The minimum absolute atomic E-state index is 0.0385. The Morgan fingerprint density at radius 1 is 1.38 bits per heavy atom. The van der Waals surface area contributed by atoms with E-state index in [2.05, 4.69) is 11.3 Å². The van der Waals surface area contributed by atoms with Gasteiger partial charge in [-0.3, -0.25) is 4.79 Å². The Bertz CT molecular complexity index is 722. The van der Waals surface area contributed by atoms with Crippen molar-refractivity contribution in [3.63, 3.8) is 0 Å². The van der Waals surface area contributed by atoms with Crippen molar-refractivity contribution in [2.45, 2.75) is 18.6 Å². The first-order chi connectivity index (χ1) is 11.2. The summed E-state index contributed by atoms with van der Waals surface area (Å²) in [4.78, 5) is 24.0. The topological polar surface area (TPSA) is 78.6 Å². The molecule has 0 radical (unpaired) electrons. The largest absolute Gasteiger partial charge is 0.491 e. The molecule has 2 N–H and O–H groups in total. The molecule has 1 saturated carbocycles. The maximum atomic E-state index is 15.0. The molecule has 1 aliphatic carbocycles. The van der Waals surface area contributed by atoms with Gasteiger partial charge in [0.2, 0.25) is 5.78 Å². The Morgan fingerprint density at radius 2 is 2.00 bits per heavy atom. The van der Waals surface area contributed by atoms with Crippen LogP contribution in [-0.2, 0) is 9.53 Å². The van der Waals surface area contributed by atoms with Gasteiger partial charge in [0.15, 0.2) is 23.1 Å². The molecular formula is C16H16F3NO4. The fourth-order valence-corrected chi connectivity index (χ4v) is 2.60. The van der Waals surface area contributed by atoms with Crippen LogP contribution in [0.5, 0.6) is 5.75 Å². The molecule has 0 amide bonds. The van der Waals surface area contributed by atoms with E-state index in [1.165, 1.54) is 0 Å². The van der Waals surface area contributed by atoms with Gasteiger partial charge in [-0.2, -0.15) is 0 Å². The van der Waals surface area contributed by atoms with Crippen molar-refractivity contribution < 1.29 is 32.2 Å². The molecule has 3 atom stereocenters. The van der Waals surface area contributed by atoms with Crippen molar-refractivity contribution in [2.75, 3.05) is 13.7 Å². The van der Waals surface area contributed by atoms with E-state index < -0.39 is 52.3 Å². The van der Waals surface area contributed by atoms with Crippen molar-refractivity contribution in [3.05, 3.63) is 41.5 Å². The minimum atomic E-state index is -2.71. The highest BCUT2D eigenvalue weighted by Crippen LogP contribution is 2.52. The molecule has 1 aromatic carbocycles. The lowest BCUT2D eigenvalue weighted by Gasteiger charge is -2.11. The number of rotatable bonds is 6. The number of Topliss-reactive ketones (excluding diaryl/α,β-unsaturated/α-hetero) is 1. The summed E-state index contributed by atoms with van der Waals surface area (Å²) in [5.74, 6) is -6.70. The summed E-state index contributed by atoms with van der Waals surface area (Å²) in [6.45, 7) is 4.99. The van der Waals surface area contributed by atoms with Crippen LogP contribution in [0.2, 0.25) is 0 Å². The molecule has 0 aliphatic heterocycles. The van der Waals surface area contributed by atoms with Crippen LogP contribution < -0.4 is 10.5 Å². The lowest BCUT2D eigenvalue weighted by atomic mass is 10.0. The van der Waals surface area contributed by atoms with Crippen LogP contribution in [0.25, 0.3) is 0 Å². The zero-order valence-electron chi connectivity index (χ0n) is 13.1. The first-order valence-electron chi connectivity index (χ1n) is 7.08. The van der Waals surface area contributed by atoms with Crippen LogP contribution in [0, 0.1) is 17.6 Å². The van der Waals surface area contributed by atoms with Crippen LogP contribution in [0.1, 0.15) is 17.3 Å². The summed E-state index contributed by atoms with van der Waals surface area (Å²) in [5.41, 5.74) is 1.83. The summed E-state index contributed by atoms with van der Waals surface area (Å²) in [7, 11) is 1.01. The van der Waals surface area contributed by atoms with Crippen molar-refractivity contribution >= 4 is 11.8 Å². The predicted molar refractivity (Wildman–Crippen MR) is 78.3 cm³/mol. The molecule has 0 spiro atoms. The number of ether oxygens (including phenoxy) is 2.